The van der Waals surface area contributed by atoms with Crippen LogP contribution in [0.15, 0.2) is 24.0 Å². The van der Waals surface area contributed by atoms with E-state index in [0.29, 0.717) is 0 Å². The van der Waals surface area contributed by atoms with Gasteiger partial charge in [0.25, 0.3) is 0 Å². The Morgan fingerprint density at radius 3 is 2.43 bits per heavy atom. The third-order valence-electron chi connectivity index (χ3n) is 1.41. The van der Waals surface area contributed by atoms with E-state index in [0.717, 1.165) is 25.2 Å². The van der Waals surface area contributed by atoms with Gasteiger partial charge in [-0.25, -0.2) is 4.79 Å². The van der Waals surface area contributed by atoms with Gasteiger partial charge in [-0.2, -0.15) is 0 Å². The highest BCUT2D eigenvalue weighted by Gasteiger charge is 2.20. The molecular weight excluding hydrogens is 188 g/mol. The van der Waals surface area contributed by atoms with Crippen LogP contribution in [0.3, 0.4) is 0 Å². The minimum absolute atomic E-state index is 0.419. The van der Waals surface area contributed by atoms with Gasteiger partial charge in [-0.15, -0.1) is 0 Å². The molecule has 1 rings (SSSR count). The molecule has 0 aliphatic heterocycles. The van der Waals surface area contributed by atoms with Crippen molar-refractivity contribution in [3.8, 4) is 0 Å². The fourth-order valence-corrected chi connectivity index (χ4v) is 0.740. The highest BCUT2D eigenvalue weighted by atomic mass is 16.5. The molecule has 0 aromatic rings. The van der Waals surface area contributed by atoms with E-state index < -0.39 is 29.1 Å². The van der Waals surface area contributed by atoms with Gasteiger partial charge in [0.15, 0.2) is 11.5 Å². The van der Waals surface area contributed by atoms with Crippen LogP contribution in [0.4, 0.5) is 0 Å². The summed E-state index contributed by atoms with van der Waals surface area (Å²) < 4.78 is 4.39. The van der Waals surface area contributed by atoms with E-state index >= 15 is 0 Å². The third-order valence-corrected chi connectivity index (χ3v) is 1.41. The Morgan fingerprint density at radius 2 is 1.86 bits per heavy atom. The van der Waals surface area contributed by atoms with Crippen LogP contribution in [0.25, 0.3) is 0 Å². The summed E-state index contributed by atoms with van der Waals surface area (Å²) in [5.74, 6) is -3.48. The van der Waals surface area contributed by atoms with E-state index in [9.17, 15) is 19.2 Å². The number of ketones is 3. The molecule has 0 amide bonds. The molecule has 1 aliphatic carbocycles. The molecular formula is C9H6O5. The number of esters is 1. The second kappa shape index (κ2) is 3.78. The maximum absolute atomic E-state index is 11.0. The maximum atomic E-state index is 11.0. The number of hydrogen-bond donors (Lipinski definition) is 0. The Labute approximate surface area is 79.0 Å². The summed E-state index contributed by atoms with van der Waals surface area (Å²) in [4.78, 5) is 43.0. The predicted molar refractivity (Wildman–Crippen MR) is 44.0 cm³/mol. The highest BCUT2D eigenvalue weighted by Crippen LogP contribution is 2.07. The Hall–Kier alpha value is -2.04. The van der Waals surface area contributed by atoms with Crippen LogP contribution in [-0.4, -0.2) is 23.3 Å². The minimum atomic E-state index is -1.16. The standard InChI is InChI=1S/C9H6O5/c1-5(10)9(13)14-8-4-6(11)2-3-7(8)12/h2-4H,1H3. The molecule has 0 fully saturated rings. The van der Waals surface area contributed by atoms with Crippen molar-refractivity contribution in [2.24, 2.45) is 0 Å². The number of allylic oxidation sites excluding steroid dienone is 3. The van der Waals surface area contributed by atoms with Gasteiger partial charge in [-0.3, -0.25) is 14.4 Å². The Balaban J connectivity index is 2.79. The van der Waals surface area contributed by atoms with Gasteiger partial charge < -0.3 is 4.74 Å². The second-order valence-electron chi connectivity index (χ2n) is 2.55. The number of rotatable bonds is 2. The van der Waals surface area contributed by atoms with Crippen molar-refractivity contribution in [1.29, 1.82) is 0 Å². The molecule has 14 heavy (non-hydrogen) atoms. The molecule has 72 valence electrons. The molecule has 0 aromatic heterocycles. The summed E-state index contributed by atoms with van der Waals surface area (Å²) in [6.45, 7) is 1.01. The summed E-state index contributed by atoms with van der Waals surface area (Å²) in [6, 6.07) is 0. The van der Waals surface area contributed by atoms with Gasteiger partial charge in [-0.05, 0) is 12.2 Å². The molecule has 0 atom stereocenters. The Bertz CT molecular complexity index is 386. The van der Waals surface area contributed by atoms with E-state index in [1.165, 1.54) is 0 Å². The van der Waals surface area contributed by atoms with Crippen molar-refractivity contribution in [2.45, 2.75) is 6.92 Å². The van der Waals surface area contributed by atoms with Gasteiger partial charge in [0.2, 0.25) is 11.6 Å². The first-order chi connectivity index (χ1) is 6.50. The lowest BCUT2D eigenvalue weighted by molar-refractivity contribution is -0.150. The van der Waals surface area contributed by atoms with Crippen molar-refractivity contribution in [1.82, 2.24) is 0 Å². The first-order valence-electron chi connectivity index (χ1n) is 3.71. The first-order valence-corrected chi connectivity index (χ1v) is 3.71. The monoisotopic (exact) mass is 194 g/mol. The van der Waals surface area contributed by atoms with Crippen LogP contribution in [0.2, 0.25) is 0 Å². The van der Waals surface area contributed by atoms with Crippen molar-refractivity contribution in [2.75, 3.05) is 0 Å². The molecule has 5 nitrogen and oxygen atoms in total. The third kappa shape index (κ3) is 2.22. The fourth-order valence-electron chi connectivity index (χ4n) is 0.740. The van der Waals surface area contributed by atoms with Crippen LogP contribution in [0.5, 0.6) is 0 Å². The Morgan fingerprint density at radius 1 is 1.21 bits per heavy atom. The number of carbonyl (C=O) groups is 4. The highest BCUT2D eigenvalue weighted by molar-refractivity contribution is 6.33. The molecule has 0 heterocycles. The summed E-state index contributed by atoms with van der Waals surface area (Å²) in [6.07, 6.45) is 2.89. The van der Waals surface area contributed by atoms with Crippen molar-refractivity contribution in [3.05, 3.63) is 24.0 Å². The smallest absolute Gasteiger partial charge is 0.379 e. The SMILES string of the molecule is CC(=O)C(=O)OC1=CC(=O)C=CC1=O. The van der Waals surface area contributed by atoms with Gasteiger partial charge in [0.05, 0.1) is 0 Å². The summed E-state index contributed by atoms with van der Waals surface area (Å²) in [7, 11) is 0. The molecule has 5 heteroatoms. The second-order valence-corrected chi connectivity index (χ2v) is 2.55. The molecule has 0 bridgehead atoms. The van der Waals surface area contributed by atoms with Crippen molar-refractivity contribution >= 4 is 23.3 Å². The number of ether oxygens (including phenoxy) is 1. The summed E-state index contributed by atoms with van der Waals surface area (Å²) in [5, 5.41) is 0. The van der Waals surface area contributed by atoms with Gasteiger partial charge in [0, 0.05) is 13.0 Å². The van der Waals surface area contributed by atoms with Crippen LogP contribution in [-0.2, 0) is 23.9 Å². The lowest BCUT2D eigenvalue weighted by atomic mass is 10.1. The van der Waals surface area contributed by atoms with E-state index in [1.807, 2.05) is 0 Å². The average Bonchev–Trinajstić information content (AvgIpc) is 2.11. The number of Topliss-reactive ketones (excluding diaryl/α,β-unsaturated/α-hetero) is 1. The number of carbonyl (C=O) groups excluding carboxylic acids is 4. The van der Waals surface area contributed by atoms with E-state index in [-0.39, 0.29) is 0 Å². The van der Waals surface area contributed by atoms with Crippen LogP contribution in [0, 0.1) is 0 Å². The van der Waals surface area contributed by atoms with Crippen LogP contribution < -0.4 is 0 Å². The molecule has 0 radical (unpaired) electrons. The zero-order chi connectivity index (χ0) is 10.7. The van der Waals surface area contributed by atoms with Gasteiger partial charge in [-0.1, -0.05) is 0 Å². The largest absolute Gasteiger partial charge is 0.416 e. The van der Waals surface area contributed by atoms with Gasteiger partial charge >= 0.3 is 5.97 Å². The molecule has 0 saturated heterocycles. The van der Waals surface area contributed by atoms with Gasteiger partial charge in [0.1, 0.15) is 0 Å². The number of hydrogen-bond acceptors (Lipinski definition) is 5. The van der Waals surface area contributed by atoms with Crippen molar-refractivity contribution in [3.63, 3.8) is 0 Å². The molecule has 1 aliphatic rings. The molecule has 0 unspecified atom stereocenters. The topological polar surface area (TPSA) is 77.5 Å². The minimum Gasteiger partial charge on any atom is -0.416 e. The van der Waals surface area contributed by atoms with E-state index in [4.69, 9.17) is 0 Å². The maximum Gasteiger partial charge on any atom is 0.379 e. The van der Waals surface area contributed by atoms with Crippen LogP contribution in [0.1, 0.15) is 6.92 Å². The lowest BCUT2D eigenvalue weighted by Gasteiger charge is -2.05. The van der Waals surface area contributed by atoms with Crippen LogP contribution >= 0.6 is 0 Å². The normalized spacial score (nSPS) is 15.1. The summed E-state index contributed by atoms with van der Waals surface area (Å²) >= 11 is 0. The molecule has 0 aromatic carbocycles. The zero-order valence-electron chi connectivity index (χ0n) is 7.27. The lowest BCUT2D eigenvalue weighted by Crippen LogP contribution is -2.19. The fraction of sp³-hybridized carbons (Fsp3) is 0.111. The zero-order valence-corrected chi connectivity index (χ0v) is 7.27. The average molecular weight is 194 g/mol. The quantitative estimate of drug-likeness (QED) is 0.343. The molecule has 0 N–H and O–H groups in total. The Kier molecular flexibility index (Phi) is 2.71. The van der Waals surface area contributed by atoms with Crippen molar-refractivity contribution < 1.29 is 23.9 Å². The van der Waals surface area contributed by atoms with E-state index in [1.54, 1.807) is 0 Å². The molecule has 0 saturated carbocycles. The van der Waals surface area contributed by atoms with E-state index in [2.05, 4.69) is 4.74 Å². The summed E-state index contributed by atoms with van der Waals surface area (Å²) in [5.41, 5.74) is 0. The molecule has 0 spiro atoms. The first kappa shape index (κ1) is 10.0. The predicted octanol–water partition coefficient (Wildman–Crippen LogP) is -0.290.